The van der Waals surface area contributed by atoms with Crippen molar-refractivity contribution in [2.75, 3.05) is 30.4 Å². The average molecular weight is 597 g/mol. The number of nitrogens with one attached hydrogen (secondary N) is 3. The zero-order chi connectivity index (χ0) is 30.3. The topological polar surface area (TPSA) is 139 Å². The van der Waals surface area contributed by atoms with Gasteiger partial charge in [-0.3, -0.25) is 9.89 Å². The van der Waals surface area contributed by atoms with E-state index in [1.807, 2.05) is 43.3 Å². The first-order valence-electron chi connectivity index (χ1n) is 14.8. The van der Waals surface area contributed by atoms with E-state index in [-0.39, 0.29) is 11.9 Å². The molecule has 1 amide bonds. The maximum absolute atomic E-state index is 13.6. The Labute approximate surface area is 253 Å². The molecule has 0 radical (unpaired) electrons. The van der Waals surface area contributed by atoms with Crippen LogP contribution in [0, 0.1) is 5.82 Å². The van der Waals surface area contributed by atoms with Gasteiger partial charge in [0.05, 0.1) is 24.0 Å². The van der Waals surface area contributed by atoms with Gasteiger partial charge >= 0.3 is 0 Å². The summed E-state index contributed by atoms with van der Waals surface area (Å²) in [6, 6.07) is 13.2. The number of methoxy groups -OCH3 is 1. The normalized spacial score (nSPS) is 17.0. The van der Waals surface area contributed by atoms with Gasteiger partial charge in [-0.15, -0.1) is 0 Å². The number of aromatic nitrogens is 7. The van der Waals surface area contributed by atoms with Gasteiger partial charge in [0.1, 0.15) is 11.4 Å². The van der Waals surface area contributed by atoms with E-state index in [0.717, 1.165) is 34.2 Å². The van der Waals surface area contributed by atoms with E-state index in [1.54, 1.807) is 19.4 Å². The molecule has 7 rings (SSSR count). The Morgan fingerprint density at radius 2 is 1.95 bits per heavy atom. The SMILES string of the molecule is COC1(C(=O)N[C@@H](C)c2ccc(-n3cc(F)cn3)nc2)CCN(c2nc(Nc3cc(C4CC4)[nH]n3)c3ccccc3n2)CC1. The van der Waals surface area contributed by atoms with Crippen LogP contribution in [-0.2, 0) is 9.53 Å². The average Bonchev–Trinajstić information content (AvgIpc) is 3.65. The fourth-order valence-corrected chi connectivity index (χ4v) is 5.65. The standard InChI is InChI=1S/C31H33FN10O2/c1-19(21-9-10-27(33-16-21)42-18-22(32)17-34-42)35-29(43)31(44-2)11-13-41(14-12-31)30-36-24-6-4-3-5-23(24)28(38-30)37-26-15-25(39-40-26)20-7-8-20/h3-6,9-10,15-20H,7-8,11-14H2,1-2H3,(H,35,43)(H2,36,37,38,39,40)/t19-/m0/s1. The summed E-state index contributed by atoms with van der Waals surface area (Å²) in [5.41, 5.74) is 1.79. The molecule has 5 heterocycles. The molecule has 0 spiro atoms. The van der Waals surface area contributed by atoms with E-state index in [9.17, 15) is 9.18 Å². The van der Waals surface area contributed by atoms with Crippen molar-refractivity contribution in [3.63, 3.8) is 0 Å². The molecule has 4 aromatic heterocycles. The van der Waals surface area contributed by atoms with Gasteiger partial charge < -0.3 is 20.3 Å². The zero-order valence-electron chi connectivity index (χ0n) is 24.5. The number of anilines is 3. The molecule has 44 heavy (non-hydrogen) atoms. The largest absolute Gasteiger partial charge is 0.368 e. The number of fused-ring (bicyclic) bond motifs is 1. The van der Waals surface area contributed by atoms with Crippen LogP contribution in [0.4, 0.5) is 22.0 Å². The lowest BCUT2D eigenvalue weighted by molar-refractivity contribution is -0.146. The molecular formula is C31H33FN10O2. The third-order valence-corrected chi connectivity index (χ3v) is 8.52. The summed E-state index contributed by atoms with van der Waals surface area (Å²) in [4.78, 5) is 29.8. The monoisotopic (exact) mass is 596 g/mol. The summed E-state index contributed by atoms with van der Waals surface area (Å²) in [6.07, 6.45) is 7.35. The van der Waals surface area contributed by atoms with Crippen molar-refractivity contribution in [1.82, 2.24) is 40.2 Å². The third-order valence-electron chi connectivity index (χ3n) is 8.52. The first kappa shape index (κ1) is 27.9. The van der Waals surface area contributed by atoms with Gasteiger partial charge in [0.2, 0.25) is 5.95 Å². The lowest BCUT2D eigenvalue weighted by Crippen LogP contribution is -2.55. The van der Waals surface area contributed by atoms with Crippen molar-refractivity contribution >= 4 is 34.4 Å². The van der Waals surface area contributed by atoms with Gasteiger partial charge in [0.15, 0.2) is 17.5 Å². The molecule has 1 atom stereocenters. The van der Waals surface area contributed by atoms with Crippen molar-refractivity contribution in [3.8, 4) is 5.82 Å². The smallest absolute Gasteiger partial charge is 0.252 e. The number of ether oxygens (including phenoxy) is 1. The molecule has 1 aliphatic heterocycles. The predicted molar refractivity (Wildman–Crippen MR) is 162 cm³/mol. The molecule has 3 N–H and O–H groups in total. The number of pyridine rings is 1. The summed E-state index contributed by atoms with van der Waals surface area (Å²) in [5.74, 6) is 2.44. The summed E-state index contributed by atoms with van der Waals surface area (Å²) in [5, 5.41) is 18.9. The molecular weight excluding hydrogens is 563 g/mol. The third kappa shape index (κ3) is 5.46. The van der Waals surface area contributed by atoms with Gasteiger partial charge in [-0.1, -0.05) is 18.2 Å². The highest BCUT2D eigenvalue weighted by Crippen LogP contribution is 2.40. The quantitative estimate of drug-likeness (QED) is 0.224. The summed E-state index contributed by atoms with van der Waals surface area (Å²) < 4.78 is 20.6. The van der Waals surface area contributed by atoms with Gasteiger partial charge in [0.25, 0.3) is 5.91 Å². The second kappa shape index (κ2) is 11.3. The van der Waals surface area contributed by atoms with E-state index in [1.165, 1.54) is 23.7 Å². The molecule has 1 saturated carbocycles. The van der Waals surface area contributed by atoms with Gasteiger partial charge in [-0.05, 0) is 43.5 Å². The Morgan fingerprint density at radius 1 is 1.14 bits per heavy atom. The number of carbonyl (C=O) groups is 1. The van der Waals surface area contributed by atoms with Gasteiger partial charge in [0, 0.05) is 62.3 Å². The maximum Gasteiger partial charge on any atom is 0.252 e. The lowest BCUT2D eigenvalue weighted by atomic mass is 9.89. The highest BCUT2D eigenvalue weighted by atomic mass is 19.1. The van der Waals surface area contributed by atoms with Crippen LogP contribution in [0.2, 0.25) is 0 Å². The number of hydrogen-bond acceptors (Lipinski definition) is 9. The molecule has 0 unspecified atom stereocenters. The Morgan fingerprint density at radius 3 is 2.66 bits per heavy atom. The summed E-state index contributed by atoms with van der Waals surface area (Å²) in [6.45, 7) is 2.97. The molecule has 1 saturated heterocycles. The molecule has 12 nitrogen and oxygen atoms in total. The minimum atomic E-state index is -0.989. The Bertz CT molecular complexity index is 1790. The number of piperidine rings is 1. The number of benzene rings is 1. The summed E-state index contributed by atoms with van der Waals surface area (Å²) in [7, 11) is 1.58. The first-order valence-corrected chi connectivity index (χ1v) is 14.8. The molecule has 1 aromatic carbocycles. The number of aromatic amines is 1. The van der Waals surface area contributed by atoms with Crippen molar-refractivity contribution in [1.29, 1.82) is 0 Å². The molecule has 5 aromatic rings. The van der Waals surface area contributed by atoms with Crippen molar-refractivity contribution < 1.29 is 13.9 Å². The molecule has 13 heteroatoms. The van der Waals surface area contributed by atoms with Crippen LogP contribution in [0.5, 0.6) is 0 Å². The Hall–Kier alpha value is -4.91. The lowest BCUT2D eigenvalue weighted by Gasteiger charge is -2.40. The van der Waals surface area contributed by atoms with Gasteiger partial charge in [-0.25, -0.2) is 19.0 Å². The van der Waals surface area contributed by atoms with Crippen molar-refractivity contribution in [2.24, 2.45) is 0 Å². The number of nitrogens with zero attached hydrogens (tertiary/aromatic N) is 7. The van der Waals surface area contributed by atoms with Gasteiger partial charge in [-0.2, -0.15) is 15.2 Å². The number of hydrogen-bond donors (Lipinski definition) is 3. The van der Waals surface area contributed by atoms with Crippen LogP contribution in [0.1, 0.15) is 55.8 Å². The number of rotatable bonds is 9. The first-order chi connectivity index (χ1) is 21.4. The number of para-hydroxylation sites is 1. The summed E-state index contributed by atoms with van der Waals surface area (Å²) >= 11 is 0. The van der Waals surface area contributed by atoms with Crippen LogP contribution >= 0.6 is 0 Å². The predicted octanol–water partition coefficient (Wildman–Crippen LogP) is 4.56. The van der Waals surface area contributed by atoms with E-state index < -0.39 is 11.4 Å². The van der Waals surface area contributed by atoms with E-state index in [0.29, 0.717) is 49.4 Å². The van der Waals surface area contributed by atoms with Crippen LogP contribution in [-0.4, -0.2) is 66.6 Å². The Kier molecular flexibility index (Phi) is 7.17. The molecule has 1 aliphatic carbocycles. The highest BCUT2D eigenvalue weighted by molar-refractivity contribution is 5.91. The number of halogens is 1. The van der Waals surface area contributed by atoms with Crippen molar-refractivity contribution in [3.05, 3.63) is 78.1 Å². The van der Waals surface area contributed by atoms with E-state index in [4.69, 9.17) is 14.7 Å². The second-order valence-electron chi connectivity index (χ2n) is 11.4. The van der Waals surface area contributed by atoms with E-state index in [2.05, 4.69) is 35.8 Å². The zero-order valence-corrected chi connectivity index (χ0v) is 24.5. The maximum atomic E-state index is 13.6. The van der Waals surface area contributed by atoms with Crippen LogP contribution in [0.15, 0.2) is 61.1 Å². The van der Waals surface area contributed by atoms with Crippen LogP contribution in [0.25, 0.3) is 16.7 Å². The van der Waals surface area contributed by atoms with Crippen LogP contribution < -0.4 is 15.5 Å². The number of H-pyrrole nitrogens is 1. The van der Waals surface area contributed by atoms with E-state index >= 15 is 0 Å². The number of amides is 1. The fourth-order valence-electron chi connectivity index (χ4n) is 5.65. The second-order valence-corrected chi connectivity index (χ2v) is 11.4. The van der Waals surface area contributed by atoms with Crippen molar-refractivity contribution in [2.45, 2.75) is 50.2 Å². The minimum Gasteiger partial charge on any atom is -0.368 e. The molecule has 226 valence electrons. The minimum absolute atomic E-state index is 0.183. The Balaban J connectivity index is 1.04. The van der Waals surface area contributed by atoms with Crippen LogP contribution in [0.3, 0.4) is 0 Å². The fraction of sp³-hybridized carbons (Fsp3) is 0.355. The highest BCUT2D eigenvalue weighted by Gasteiger charge is 2.42. The molecule has 2 aliphatic rings. The number of carbonyl (C=O) groups excluding carboxylic acids is 1. The molecule has 2 fully saturated rings. The molecule has 0 bridgehead atoms.